The summed E-state index contributed by atoms with van der Waals surface area (Å²) in [7, 11) is -2.31. The Balaban J connectivity index is 1.69. The topological polar surface area (TPSA) is 119 Å². The minimum Gasteiger partial charge on any atom is -0.475 e. The number of ether oxygens (including phenoxy) is 1. The minimum absolute atomic E-state index is 0.0657. The molecule has 11 heteroatoms. The molecule has 0 aliphatic carbocycles. The number of carbonyl (C=O) groups is 1. The van der Waals surface area contributed by atoms with Gasteiger partial charge in [0.25, 0.3) is 15.9 Å². The molecule has 0 spiro atoms. The summed E-state index contributed by atoms with van der Waals surface area (Å²) in [6.07, 6.45) is 2.31. The lowest BCUT2D eigenvalue weighted by Gasteiger charge is -2.35. The predicted octanol–water partition coefficient (Wildman–Crippen LogP) is 5.13. The van der Waals surface area contributed by atoms with Crippen molar-refractivity contribution in [3.63, 3.8) is 0 Å². The number of aromatic nitrogens is 4. The molecule has 0 saturated carbocycles. The van der Waals surface area contributed by atoms with Gasteiger partial charge in [0.2, 0.25) is 11.8 Å². The van der Waals surface area contributed by atoms with Gasteiger partial charge in [-0.3, -0.25) is 9.48 Å². The van der Waals surface area contributed by atoms with Gasteiger partial charge in [0, 0.05) is 30.4 Å². The van der Waals surface area contributed by atoms with E-state index in [1.807, 2.05) is 45.2 Å². The van der Waals surface area contributed by atoms with E-state index in [0.29, 0.717) is 12.1 Å². The predicted molar refractivity (Wildman–Crippen MR) is 161 cm³/mol. The Morgan fingerprint density at radius 3 is 2.40 bits per heavy atom. The summed E-state index contributed by atoms with van der Waals surface area (Å²) < 4.78 is 37.6. The van der Waals surface area contributed by atoms with Crippen LogP contribution in [-0.4, -0.2) is 51.6 Å². The number of aryl methyl sites for hydroxylation is 3. The van der Waals surface area contributed by atoms with Crippen molar-refractivity contribution in [2.45, 2.75) is 58.5 Å². The van der Waals surface area contributed by atoms with Crippen molar-refractivity contribution in [3.8, 4) is 17.1 Å². The molecule has 1 atom stereocenters. The number of hydrogen-bond donors (Lipinski definition) is 1. The molecule has 220 valence electrons. The van der Waals surface area contributed by atoms with Crippen LogP contribution in [0.4, 0.5) is 5.95 Å². The number of carbonyl (C=O) groups excluding carboxylic acids is 1. The molecule has 0 radical (unpaired) electrons. The van der Waals surface area contributed by atoms with Crippen molar-refractivity contribution >= 4 is 21.9 Å². The Labute approximate surface area is 246 Å². The molecule has 0 saturated heterocycles. The number of nitrogens with one attached hydrogen (secondary N) is 1. The van der Waals surface area contributed by atoms with Crippen LogP contribution < -0.4 is 9.46 Å². The van der Waals surface area contributed by atoms with Crippen molar-refractivity contribution in [2.24, 2.45) is 12.5 Å². The van der Waals surface area contributed by atoms with Gasteiger partial charge >= 0.3 is 0 Å². The molecule has 42 heavy (non-hydrogen) atoms. The first-order chi connectivity index (χ1) is 19.8. The largest absolute Gasteiger partial charge is 0.475 e. The van der Waals surface area contributed by atoms with Crippen molar-refractivity contribution in [1.29, 1.82) is 0 Å². The van der Waals surface area contributed by atoms with Gasteiger partial charge in [0.15, 0.2) is 0 Å². The second-order valence-corrected chi connectivity index (χ2v) is 13.6. The van der Waals surface area contributed by atoms with E-state index in [4.69, 9.17) is 4.74 Å². The molecule has 1 amide bonds. The lowest BCUT2D eigenvalue weighted by atomic mass is 9.87. The fourth-order valence-electron chi connectivity index (χ4n) is 5.28. The molecule has 3 heterocycles. The number of benzene rings is 2. The van der Waals surface area contributed by atoms with E-state index < -0.39 is 10.0 Å². The normalized spacial score (nSPS) is 17.0. The highest BCUT2D eigenvalue weighted by molar-refractivity contribution is 7.92. The summed E-state index contributed by atoms with van der Waals surface area (Å²) in [5, 5.41) is 4.28. The number of sulfonamides is 1. The number of rotatable bonds is 4. The first kappa shape index (κ1) is 29.2. The fraction of sp³-hybridized carbons (Fsp3) is 0.355. The van der Waals surface area contributed by atoms with E-state index in [-0.39, 0.29) is 52.8 Å². The zero-order chi connectivity index (χ0) is 30.2. The Hall–Kier alpha value is -4.25. The van der Waals surface area contributed by atoms with Crippen LogP contribution in [0.25, 0.3) is 11.3 Å². The monoisotopic (exact) mass is 588 g/mol. The highest BCUT2D eigenvalue weighted by Gasteiger charge is 2.32. The van der Waals surface area contributed by atoms with Crippen molar-refractivity contribution in [3.05, 3.63) is 83.2 Å². The van der Waals surface area contributed by atoms with Crippen LogP contribution >= 0.6 is 0 Å². The standard InChI is InChI=1S/C31H36N6O4S/c1-20-9-7-10-21(2)28(20)26-16-27-34-30(33-26)35-42(39,40)25-12-8-11-22(15-25)29(38)37(18-23-13-14-32-36(23)6)24(19-41-27)17-31(3,4)5/h7-16,24H,17-19H2,1-6H3,(H,33,34,35)/t24-/m1/s1. The number of hydrogen-bond acceptors (Lipinski definition) is 7. The Morgan fingerprint density at radius 2 is 1.74 bits per heavy atom. The lowest BCUT2D eigenvalue weighted by Crippen LogP contribution is -2.45. The summed E-state index contributed by atoms with van der Waals surface area (Å²) in [5.74, 6) is -0.210. The first-order valence-electron chi connectivity index (χ1n) is 13.8. The van der Waals surface area contributed by atoms with Gasteiger partial charge in [-0.25, -0.2) is 18.1 Å². The second-order valence-electron chi connectivity index (χ2n) is 11.9. The number of anilines is 1. The molecular weight excluding hydrogens is 552 g/mol. The number of nitrogens with zero attached hydrogens (tertiary/aromatic N) is 5. The zero-order valence-corrected chi connectivity index (χ0v) is 25.6. The lowest BCUT2D eigenvalue weighted by molar-refractivity contribution is 0.0506. The van der Waals surface area contributed by atoms with Crippen LogP contribution in [-0.2, 0) is 23.6 Å². The molecule has 1 aliphatic heterocycles. The Bertz CT molecular complexity index is 1720. The summed E-state index contributed by atoms with van der Waals surface area (Å²) in [4.78, 5) is 24.9. The summed E-state index contributed by atoms with van der Waals surface area (Å²) in [6, 6.07) is 15.2. The number of amides is 1. The smallest absolute Gasteiger partial charge is 0.264 e. The third-order valence-electron chi connectivity index (χ3n) is 7.28. The van der Waals surface area contributed by atoms with Gasteiger partial charge < -0.3 is 9.64 Å². The minimum atomic E-state index is -4.13. The molecule has 1 aliphatic rings. The molecule has 2 aromatic carbocycles. The third-order valence-corrected chi connectivity index (χ3v) is 8.61. The van der Waals surface area contributed by atoms with E-state index in [9.17, 15) is 13.2 Å². The average molecular weight is 589 g/mol. The van der Waals surface area contributed by atoms with E-state index in [1.165, 1.54) is 12.1 Å². The molecule has 0 fully saturated rings. The van der Waals surface area contributed by atoms with Crippen molar-refractivity contribution in [1.82, 2.24) is 24.6 Å². The van der Waals surface area contributed by atoms with Crippen LogP contribution in [0.3, 0.4) is 0 Å². The molecule has 10 nitrogen and oxygen atoms in total. The maximum atomic E-state index is 14.2. The third kappa shape index (κ3) is 6.30. The second kappa shape index (κ2) is 11.2. The maximum absolute atomic E-state index is 14.2. The number of fused-ring (bicyclic) bond motifs is 4. The van der Waals surface area contributed by atoms with E-state index >= 15 is 0 Å². The van der Waals surface area contributed by atoms with Crippen LogP contribution in [0, 0.1) is 19.3 Å². The van der Waals surface area contributed by atoms with Gasteiger partial charge in [0.1, 0.15) is 6.61 Å². The van der Waals surface area contributed by atoms with E-state index in [2.05, 4.69) is 40.6 Å². The van der Waals surface area contributed by atoms with Crippen LogP contribution in [0.5, 0.6) is 5.88 Å². The molecule has 1 N–H and O–H groups in total. The molecule has 0 unspecified atom stereocenters. The van der Waals surface area contributed by atoms with Gasteiger partial charge in [-0.2, -0.15) is 10.1 Å². The van der Waals surface area contributed by atoms with Crippen molar-refractivity contribution in [2.75, 3.05) is 11.3 Å². The maximum Gasteiger partial charge on any atom is 0.264 e. The van der Waals surface area contributed by atoms with E-state index in [0.717, 1.165) is 22.4 Å². The highest BCUT2D eigenvalue weighted by atomic mass is 32.2. The SMILES string of the molecule is Cc1cccc(C)c1-c1cc2nc(n1)NS(=O)(=O)c1cccc(c1)C(=O)N(Cc1ccnn1C)[C@H](CC(C)(C)C)CO2. The van der Waals surface area contributed by atoms with Crippen molar-refractivity contribution < 1.29 is 17.9 Å². The summed E-state index contributed by atoms with van der Waals surface area (Å²) in [6.45, 7) is 10.7. The highest BCUT2D eigenvalue weighted by Crippen LogP contribution is 2.31. The molecule has 4 aromatic rings. The molecule has 5 rings (SSSR count). The average Bonchev–Trinajstić information content (AvgIpc) is 3.32. The summed E-state index contributed by atoms with van der Waals surface area (Å²) >= 11 is 0. The first-order valence-corrected chi connectivity index (χ1v) is 15.3. The molecule has 2 aromatic heterocycles. The molecule has 4 bridgehead atoms. The molecular formula is C31H36N6O4S. The summed E-state index contributed by atoms with van der Waals surface area (Å²) in [5.41, 5.74) is 4.30. The van der Waals surface area contributed by atoms with Gasteiger partial charge in [-0.05, 0) is 61.1 Å². The quantitative estimate of drug-likeness (QED) is 0.351. The van der Waals surface area contributed by atoms with Gasteiger partial charge in [0.05, 0.1) is 28.9 Å². The zero-order valence-electron chi connectivity index (χ0n) is 24.7. The Morgan fingerprint density at radius 1 is 1.02 bits per heavy atom. The van der Waals surface area contributed by atoms with Gasteiger partial charge in [-0.1, -0.05) is 45.0 Å². The van der Waals surface area contributed by atoms with E-state index in [1.54, 1.807) is 34.0 Å². The van der Waals surface area contributed by atoms with Gasteiger partial charge in [-0.15, -0.1) is 0 Å². The van der Waals surface area contributed by atoms with Crippen LogP contribution in [0.2, 0.25) is 0 Å². The fourth-order valence-corrected chi connectivity index (χ4v) is 6.27. The Kier molecular flexibility index (Phi) is 7.80. The van der Waals surface area contributed by atoms with Crippen LogP contribution in [0.15, 0.2) is 65.7 Å². The van der Waals surface area contributed by atoms with Crippen LogP contribution in [0.1, 0.15) is 54.4 Å².